The van der Waals surface area contributed by atoms with Gasteiger partial charge >= 0.3 is 0 Å². The fourth-order valence-corrected chi connectivity index (χ4v) is 2.68. The molecule has 0 saturated carbocycles. The Balaban J connectivity index is 0.00000147. The molecule has 1 aliphatic heterocycles. The maximum absolute atomic E-state index is 3.37. The summed E-state index contributed by atoms with van der Waals surface area (Å²) in [6, 6.07) is 6.60. The van der Waals surface area contributed by atoms with E-state index in [1.165, 1.54) is 27.6 Å². The first-order chi connectivity index (χ1) is 9.26. The monoisotopic (exact) mass is 332 g/mol. The number of aryl methyl sites for hydroxylation is 1. The van der Waals surface area contributed by atoms with Gasteiger partial charge in [-0.25, -0.2) is 0 Å². The Morgan fingerprint density at radius 2 is 2.15 bits per heavy atom. The first kappa shape index (κ1) is 14.9. The van der Waals surface area contributed by atoms with Gasteiger partial charge in [-0.05, 0) is 55.8 Å². The largest absolute Gasteiger partial charge is 0.374 e. The lowest BCUT2D eigenvalue weighted by Gasteiger charge is -2.23. The Labute approximate surface area is 130 Å². The first-order valence-electron chi connectivity index (χ1n) is 6.93. The van der Waals surface area contributed by atoms with E-state index in [0.717, 1.165) is 19.5 Å². The van der Waals surface area contributed by atoms with E-state index >= 15 is 0 Å². The van der Waals surface area contributed by atoms with Crippen molar-refractivity contribution >= 4 is 27.9 Å². The molecule has 1 aliphatic rings. The molecule has 2 heterocycles. The van der Waals surface area contributed by atoms with E-state index in [1.54, 1.807) is 0 Å². The summed E-state index contributed by atoms with van der Waals surface area (Å²) in [6.45, 7) is 6.46. The molecule has 20 heavy (non-hydrogen) atoms. The summed E-state index contributed by atoms with van der Waals surface area (Å²) in [5.74, 6) is 0. The van der Waals surface area contributed by atoms with Gasteiger partial charge in [0.15, 0.2) is 0 Å². The van der Waals surface area contributed by atoms with Crippen LogP contribution in [0.5, 0.6) is 0 Å². The number of rotatable bonds is 3. The van der Waals surface area contributed by atoms with Crippen LogP contribution >= 0.6 is 17.0 Å². The molecule has 1 aromatic carbocycles. The standard InChI is InChI=1S/C17H20N2.BrH/c1-3-19-8-4-5-14(12-19)10-15-11-18-17-7-6-13(2)9-16(15)17;/h4-9,11,18H,3,10,12H2,1-2H3;1H. The molecule has 0 spiro atoms. The van der Waals surface area contributed by atoms with Gasteiger partial charge in [-0.2, -0.15) is 0 Å². The van der Waals surface area contributed by atoms with E-state index in [0.29, 0.717) is 0 Å². The van der Waals surface area contributed by atoms with Gasteiger partial charge in [0, 0.05) is 30.2 Å². The number of halogens is 1. The van der Waals surface area contributed by atoms with Gasteiger partial charge in [-0.15, -0.1) is 17.0 Å². The average Bonchev–Trinajstić information content (AvgIpc) is 2.81. The summed E-state index contributed by atoms with van der Waals surface area (Å²) >= 11 is 0. The van der Waals surface area contributed by atoms with Gasteiger partial charge in [-0.3, -0.25) is 0 Å². The van der Waals surface area contributed by atoms with Crippen molar-refractivity contribution < 1.29 is 0 Å². The predicted octanol–water partition coefficient (Wildman–Crippen LogP) is 4.37. The van der Waals surface area contributed by atoms with E-state index in [4.69, 9.17) is 0 Å². The van der Waals surface area contributed by atoms with Crippen molar-refractivity contribution in [2.45, 2.75) is 20.3 Å². The highest BCUT2D eigenvalue weighted by molar-refractivity contribution is 8.93. The van der Waals surface area contributed by atoms with Crippen molar-refractivity contribution in [1.82, 2.24) is 9.88 Å². The van der Waals surface area contributed by atoms with Crippen LogP contribution in [0.3, 0.4) is 0 Å². The zero-order valence-electron chi connectivity index (χ0n) is 12.0. The van der Waals surface area contributed by atoms with Crippen molar-refractivity contribution in [2.24, 2.45) is 0 Å². The van der Waals surface area contributed by atoms with Gasteiger partial charge in [0.25, 0.3) is 0 Å². The van der Waals surface area contributed by atoms with Gasteiger partial charge < -0.3 is 9.88 Å². The third kappa shape index (κ3) is 2.98. The molecule has 3 rings (SSSR count). The van der Waals surface area contributed by atoms with Crippen LogP contribution in [0, 0.1) is 6.92 Å². The van der Waals surface area contributed by atoms with Crippen LogP contribution in [0.25, 0.3) is 10.9 Å². The van der Waals surface area contributed by atoms with E-state index in [-0.39, 0.29) is 17.0 Å². The van der Waals surface area contributed by atoms with Gasteiger partial charge in [0.1, 0.15) is 0 Å². The molecule has 106 valence electrons. The van der Waals surface area contributed by atoms with Crippen LogP contribution in [-0.2, 0) is 6.42 Å². The van der Waals surface area contributed by atoms with Gasteiger partial charge in [0.2, 0.25) is 0 Å². The van der Waals surface area contributed by atoms with E-state index in [1.807, 2.05) is 0 Å². The summed E-state index contributed by atoms with van der Waals surface area (Å²) in [7, 11) is 0. The Kier molecular flexibility index (Phi) is 4.71. The molecule has 3 heteroatoms. The molecule has 0 amide bonds. The van der Waals surface area contributed by atoms with Crippen molar-refractivity contribution in [3.8, 4) is 0 Å². The van der Waals surface area contributed by atoms with E-state index in [9.17, 15) is 0 Å². The maximum atomic E-state index is 3.37. The second-order valence-corrected chi connectivity index (χ2v) is 5.27. The zero-order valence-corrected chi connectivity index (χ0v) is 13.7. The van der Waals surface area contributed by atoms with Crippen LogP contribution in [0.2, 0.25) is 0 Å². The second kappa shape index (κ2) is 6.31. The van der Waals surface area contributed by atoms with Crippen molar-refractivity contribution in [2.75, 3.05) is 13.1 Å². The summed E-state index contributed by atoms with van der Waals surface area (Å²) in [5.41, 5.74) is 5.43. The SMILES string of the molecule is Br.CCN1C=CC=C(Cc2c[nH]c3ccc(C)cc23)C1. The van der Waals surface area contributed by atoms with Crippen LogP contribution in [-0.4, -0.2) is 23.0 Å². The minimum Gasteiger partial charge on any atom is -0.374 e. The molecule has 0 unspecified atom stereocenters. The molecular formula is C17H21BrN2. The normalized spacial score (nSPS) is 14.3. The number of allylic oxidation sites excluding steroid dienone is 2. The maximum Gasteiger partial charge on any atom is 0.0457 e. The molecule has 0 fully saturated rings. The summed E-state index contributed by atoms with van der Waals surface area (Å²) in [4.78, 5) is 5.71. The topological polar surface area (TPSA) is 19.0 Å². The number of hydrogen-bond donors (Lipinski definition) is 1. The second-order valence-electron chi connectivity index (χ2n) is 5.27. The number of likely N-dealkylation sites (N-methyl/N-ethyl adjacent to an activating group) is 1. The molecule has 2 aromatic rings. The van der Waals surface area contributed by atoms with Crippen LogP contribution in [0.1, 0.15) is 18.1 Å². The Bertz CT molecular complexity index is 652. The highest BCUT2D eigenvalue weighted by Gasteiger charge is 2.10. The quantitative estimate of drug-likeness (QED) is 0.884. The van der Waals surface area contributed by atoms with Gasteiger partial charge in [0.05, 0.1) is 0 Å². The number of nitrogens with zero attached hydrogens (tertiary/aromatic N) is 1. The fourth-order valence-electron chi connectivity index (χ4n) is 2.68. The van der Waals surface area contributed by atoms with Gasteiger partial charge in [-0.1, -0.05) is 17.7 Å². The number of fused-ring (bicyclic) bond motifs is 1. The van der Waals surface area contributed by atoms with E-state index in [2.05, 4.69) is 66.5 Å². The molecule has 1 aromatic heterocycles. The molecule has 0 radical (unpaired) electrons. The Morgan fingerprint density at radius 1 is 1.30 bits per heavy atom. The lowest BCUT2D eigenvalue weighted by Crippen LogP contribution is -2.22. The number of benzene rings is 1. The third-order valence-corrected chi connectivity index (χ3v) is 3.78. The molecule has 1 N–H and O–H groups in total. The zero-order chi connectivity index (χ0) is 13.2. The molecule has 0 saturated heterocycles. The average molecular weight is 333 g/mol. The number of aromatic amines is 1. The lowest BCUT2D eigenvalue weighted by molar-refractivity contribution is 0.421. The summed E-state index contributed by atoms with van der Waals surface area (Å²) in [5, 5.41) is 1.36. The number of H-pyrrole nitrogens is 1. The molecule has 2 nitrogen and oxygen atoms in total. The number of nitrogens with one attached hydrogen (secondary N) is 1. The summed E-state index contributed by atoms with van der Waals surface area (Å²) in [6.07, 6.45) is 9.76. The number of aromatic nitrogens is 1. The minimum atomic E-state index is 0. The molecular weight excluding hydrogens is 312 g/mol. The van der Waals surface area contributed by atoms with E-state index < -0.39 is 0 Å². The third-order valence-electron chi connectivity index (χ3n) is 3.78. The summed E-state index contributed by atoms with van der Waals surface area (Å²) < 4.78 is 0. The van der Waals surface area contributed by atoms with Crippen molar-refractivity contribution in [3.63, 3.8) is 0 Å². The van der Waals surface area contributed by atoms with Crippen molar-refractivity contribution in [1.29, 1.82) is 0 Å². The molecule has 0 aliphatic carbocycles. The Hall–Kier alpha value is -1.48. The first-order valence-corrected chi connectivity index (χ1v) is 6.93. The Morgan fingerprint density at radius 3 is 2.95 bits per heavy atom. The van der Waals surface area contributed by atoms with Crippen LogP contribution in [0.15, 0.2) is 48.3 Å². The highest BCUT2D eigenvalue weighted by Crippen LogP contribution is 2.23. The van der Waals surface area contributed by atoms with Crippen LogP contribution < -0.4 is 0 Å². The van der Waals surface area contributed by atoms with Crippen LogP contribution in [0.4, 0.5) is 0 Å². The van der Waals surface area contributed by atoms with Crippen molar-refractivity contribution in [3.05, 3.63) is 59.4 Å². The minimum absolute atomic E-state index is 0. The molecule has 0 bridgehead atoms. The highest BCUT2D eigenvalue weighted by atomic mass is 79.9. The smallest absolute Gasteiger partial charge is 0.0457 e. The predicted molar refractivity (Wildman–Crippen MR) is 91.5 cm³/mol. The molecule has 0 atom stereocenters. The fraction of sp³-hybridized carbons (Fsp3) is 0.294. The lowest BCUT2D eigenvalue weighted by atomic mass is 10.0. The number of hydrogen-bond acceptors (Lipinski definition) is 1.